The number of hydrogen-bond acceptors (Lipinski definition) is 4. The topological polar surface area (TPSA) is 23.8 Å². The zero-order valence-electron chi connectivity index (χ0n) is 6.88. The fourth-order valence-electron chi connectivity index (χ4n) is 0.378. The lowest BCUT2D eigenvalue weighted by Gasteiger charge is -2.13. The van der Waals surface area contributed by atoms with Crippen molar-refractivity contribution >= 4 is 39.3 Å². The van der Waals surface area contributed by atoms with Gasteiger partial charge in [0, 0.05) is 0 Å². The summed E-state index contributed by atoms with van der Waals surface area (Å²) >= 11 is 8.12. The molecule has 0 aromatic heterocycles. The average Bonchev–Trinajstić information content (AvgIpc) is 1.87. The van der Waals surface area contributed by atoms with Gasteiger partial charge < -0.3 is 0 Å². The van der Waals surface area contributed by atoms with Crippen molar-refractivity contribution in [3.63, 3.8) is 0 Å². The lowest BCUT2D eigenvalue weighted by atomic mass is 10.2. The van der Waals surface area contributed by atoms with Crippen LogP contribution >= 0.6 is 35.7 Å². The Morgan fingerprint density at radius 3 is 2.55 bits per heavy atom. The van der Waals surface area contributed by atoms with Crippen LogP contribution in [0.3, 0.4) is 0 Å². The highest BCUT2D eigenvalue weighted by atomic mass is 32.2. The summed E-state index contributed by atoms with van der Waals surface area (Å²) in [5.74, 6) is 0.980. The summed E-state index contributed by atoms with van der Waals surface area (Å²) in [5, 5.41) is 8.67. The van der Waals surface area contributed by atoms with Crippen LogP contribution in [0.2, 0.25) is 0 Å². The molecular formula is C7H11NS3. The number of thioether (sulfide) groups is 2. The maximum absolute atomic E-state index is 8.67. The molecule has 0 saturated heterocycles. The second kappa shape index (κ2) is 5.02. The average molecular weight is 205 g/mol. The molecule has 0 aromatic carbocycles. The molecule has 0 aliphatic heterocycles. The first-order valence-electron chi connectivity index (χ1n) is 3.29. The number of hydrogen-bond donors (Lipinski definition) is 0. The first kappa shape index (κ1) is 11.3. The zero-order chi connectivity index (χ0) is 8.91. The van der Waals surface area contributed by atoms with Crippen molar-refractivity contribution in [1.82, 2.24) is 0 Å². The van der Waals surface area contributed by atoms with Gasteiger partial charge in [-0.25, -0.2) is 0 Å². The van der Waals surface area contributed by atoms with Gasteiger partial charge in [-0.2, -0.15) is 5.26 Å². The van der Waals surface area contributed by atoms with Crippen LogP contribution in [0, 0.1) is 11.3 Å². The monoisotopic (exact) mass is 205 g/mol. The summed E-state index contributed by atoms with van der Waals surface area (Å²) in [5.41, 5.74) is 0. The summed E-state index contributed by atoms with van der Waals surface area (Å²) in [4.78, 5) is 0. The minimum atomic E-state index is -0.376. The number of nitrogens with zero attached hydrogens (tertiary/aromatic N) is 1. The van der Waals surface area contributed by atoms with Crippen molar-refractivity contribution in [3.8, 4) is 6.07 Å². The van der Waals surface area contributed by atoms with Gasteiger partial charge in [-0.05, 0) is 19.6 Å². The quantitative estimate of drug-likeness (QED) is 0.647. The summed E-state index contributed by atoms with van der Waals surface area (Å²) in [6.45, 7) is 5.80. The van der Waals surface area contributed by atoms with E-state index >= 15 is 0 Å². The normalized spacial score (nSPS) is 10.7. The van der Waals surface area contributed by atoms with Gasteiger partial charge in [0.05, 0.1) is 6.07 Å². The number of thiocarbonyl (C=S) groups is 1. The van der Waals surface area contributed by atoms with Crippen molar-refractivity contribution in [1.29, 1.82) is 5.26 Å². The highest BCUT2D eigenvalue weighted by Crippen LogP contribution is 2.29. The summed E-state index contributed by atoms with van der Waals surface area (Å²) in [7, 11) is 0. The molecule has 0 N–H and O–H groups in total. The fraction of sp³-hybridized carbons (Fsp3) is 0.714. The molecule has 0 aliphatic rings. The lowest BCUT2D eigenvalue weighted by molar-refractivity contribution is 0.921. The molecule has 0 aromatic rings. The molecule has 0 bridgehead atoms. The van der Waals surface area contributed by atoms with Gasteiger partial charge in [-0.1, -0.05) is 30.9 Å². The van der Waals surface area contributed by atoms with E-state index in [4.69, 9.17) is 17.5 Å². The van der Waals surface area contributed by atoms with Crippen LogP contribution in [0.25, 0.3) is 0 Å². The number of nitriles is 1. The molecule has 1 nitrogen and oxygen atoms in total. The third kappa shape index (κ3) is 5.54. The Morgan fingerprint density at radius 2 is 2.18 bits per heavy atom. The molecule has 0 heterocycles. The molecule has 0 radical (unpaired) electrons. The van der Waals surface area contributed by atoms with E-state index in [0.717, 1.165) is 9.28 Å². The molecule has 0 spiro atoms. The highest BCUT2D eigenvalue weighted by Gasteiger charge is 2.19. The molecular weight excluding hydrogens is 194 g/mol. The summed E-state index contributed by atoms with van der Waals surface area (Å²) in [6.07, 6.45) is 0. The smallest absolute Gasteiger partial charge is 0.105 e. The highest BCUT2D eigenvalue weighted by molar-refractivity contribution is 8.47. The number of rotatable bonds is 2. The molecule has 4 heteroatoms. The van der Waals surface area contributed by atoms with Gasteiger partial charge in [0.1, 0.15) is 8.28 Å². The van der Waals surface area contributed by atoms with E-state index in [9.17, 15) is 0 Å². The van der Waals surface area contributed by atoms with E-state index in [1.165, 1.54) is 11.8 Å². The summed E-state index contributed by atoms with van der Waals surface area (Å²) < 4.78 is 0.484. The van der Waals surface area contributed by atoms with Crippen LogP contribution in [0.4, 0.5) is 0 Å². The second-order valence-corrected chi connectivity index (χ2v) is 6.50. The molecule has 0 amide bonds. The van der Waals surface area contributed by atoms with Gasteiger partial charge in [0.15, 0.2) is 0 Å². The van der Waals surface area contributed by atoms with Crippen LogP contribution in [-0.2, 0) is 0 Å². The molecule has 11 heavy (non-hydrogen) atoms. The van der Waals surface area contributed by atoms with E-state index in [1.807, 2.05) is 13.8 Å². The molecule has 0 rings (SSSR count). The maximum atomic E-state index is 8.67. The van der Waals surface area contributed by atoms with E-state index in [2.05, 4.69) is 13.0 Å². The molecule has 62 valence electrons. The third-order valence-corrected chi connectivity index (χ3v) is 3.37. The van der Waals surface area contributed by atoms with Crippen LogP contribution in [0.1, 0.15) is 20.8 Å². The molecule has 0 saturated carbocycles. The predicted molar refractivity (Wildman–Crippen MR) is 58.0 cm³/mol. The Bertz CT molecular complexity index is 181. The Labute approximate surface area is 81.9 Å². The van der Waals surface area contributed by atoms with Gasteiger partial charge in [-0.15, -0.1) is 11.8 Å². The van der Waals surface area contributed by atoms with Gasteiger partial charge in [0.2, 0.25) is 0 Å². The Hall–Kier alpha value is 0.280. The first-order chi connectivity index (χ1) is 5.02. The zero-order valence-corrected chi connectivity index (χ0v) is 9.33. The van der Waals surface area contributed by atoms with Crippen LogP contribution in [-0.4, -0.2) is 14.0 Å². The largest absolute Gasteiger partial charge is 0.197 e. The molecule has 0 atom stereocenters. The standard InChI is InChI=1S/C7H11NS3/c1-4-10-6(9)11-7(2,3)5-8/h4H2,1-3H3. The van der Waals surface area contributed by atoms with Crippen molar-refractivity contribution in [3.05, 3.63) is 0 Å². The maximum Gasteiger partial charge on any atom is 0.105 e. The summed E-state index contributed by atoms with van der Waals surface area (Å²) in [6, 6.07) is 2.19. The van der Waals surface area contributed by atoms with Crippen LogP contribution in [0.5, 0.6) is 0 Å². The lowest BCUT2D eigenvalue weighted by Crippen LogP contribution is -2.12. The Morgan fingerprint density at radius 1 is 1.64 bits per heavy atom. The van der Waals surface area contributed by atoms with Gasteiger partial charge in [-0.3, -0.25) is 0 Å². The van der Waals surface area contributed by atoms with Gasteiger partial charge in [0.25, 0.3) is 0 Å². The van der Waals surface area contributed by atoms with E-state index in [-0.39, 0.29) is 4.75 Å². The fourth-order valence-corrected chi connectivity index (χ4v) is 3.27. The third-order valence-electron chi connectivity index (χ3n) is 0.870. The van der Waals surface area contributed by atoms with Crippen LogP contribution < -0.4 is 0 Å². The van der Waals surface area contributed by atoms with Crippen molar-refractivity contribution in [2.75, 3.05) is 5.75 Å². The van der Waals surface area contributed by atoms with E-state index in [0.29, 0.717) is 0 Å². The SMILES string of the molecule is CCSC(=S)SC(C)(C)C#N. The molecule has 0 aliphatic carbocycles. The first-order valence-corrected chi connectivity index (χ1v) is 5.50. The van der Waals surface area contributed by atoms with Crippen molar-refractivity contribution < 1.29 is 0 Å². The Balaban J connectivity index is 3.86. The van der Waals surface area contributed by atoms with Crippen LogP contribution in [0.15, 0.2) is 0 Å². The van der Waals surface area contributed by atoms with E-state index < -0.39 is 0 Å². The minimum Gasteiger partial charge on any atom is -0.197 e. The molecule has 0 unspecified atom stereocenters. The predicted octanol–water partition coefficient (Wildman–Crippen LogP) is 3.06. The minimum absolute atomic E-state index is 0.376. The Kier molecular flexibility index (Phi) is 5.15. The molecule has 0 fully saturated rings. The van der Waals surface area contributed by atoms with E-state index in [1.54, 1.807) is 11.8 Å². The second-order valence-electron chi connectivity index (χ2n) is 2.41. The van der Waals surface area contributed by atoms with Crippen molar-refractivity contribution in [2.45, 2.75) is 25.5 Å². The van der Waals surface area contributed by atoms with Crippen molar-refractivity contribution in [2.24, 2.45) is 0 Å². The van der Waals surface area contributed by atoms with Gasteiger partial charge >= 0.3 is 0 Å².